The molecule has 3 rings (SSSR count). The van der Waals surface area contributed by atoms with Gasteiger partial charge in [-0.1, -0.05) is 70.5 Å². The number of nitrogens with zero attached hydrogens (tertiary/aromatic N) is 2. The fraction of sp³-hybridized carbons (Fsp3) is 0.286. The fourth-order valence-corrected chi connectivity index (χ4v) is 5.39. The number of para-hydroxylation sites is 2. The monoisotopic (exact) mass is 601 g/mol. The van der Waals surface area contributed by atoms with Crippen molar-refractivity contribution in [2.75, 3.05) is 30.8 Å². The van der Waals surface area contributed by atoms with Crippen LogP contribution in [0.15, 0.2) is 83.3 Å². The highest BCUT2D eigenvalue weighted by Crippen LogP contribution is 2.30. The van der Waals surface area contributed by atoms with Gasteiger partial charge in [-0.3, -0.25) is 13.9 Å². The van der Waals surface area contributed by atoms with Crippen molar-refractivity contribution >= 4 is 43.5 Å². The molecule has 0 saturated carbocycles. The Morgan fingerprint density at radius 2 is 1.63 bits per heavy atom. The zero-order chi connectivity index (χ0) is 27.7. The third kappa shape index (κ3) is 7.82. The minimum atomic E-state index is -3.88. The Balaban J connectivity index is 2.05. The SMILES string of the molecule is CCOc1ccccc1N(CC(=O)N(Cc1cccc(Br)c1)[C@@H](Cc1ccccc1)C(=O)NC)S(C)(=O)=O. The number of halogens is 1. The summed E-state index contributed by atoms with van der Waals surface area (Å²) in [4.78, 5) is 28.6. The van der Waals surface area contributed by atoms with Gasteiger partial charge in [-0.05, 0) is 42.3 Å². The van der Waals surface area contributed by atoms with Gasteiger partial charge >= 0.3 is 0 Å². The number of carbonyl (C=O) groups excluding carboxylic acids is 2. The first-order valence-electron chi connectivity index (χ1n) is 12.1. The van der Waals surface area contributed by atoms with Gasteiger partial charge in [-0.15, -0.1) is 0 Å². The van der Waals surface area contributed by atoms with Gasteiger partial charge in [0.25, 0.3) is 0 Å². The molecule has 0 unspecified atom stereocenters. The summed E-state index contributed by atoms with van der Waals surface area (Å²) in [7, 11) is -2.36. The first kappa shape index (κ1) is 29.2. The molecule has 3 aromatic rings. The molecule has 2 amide bonds. The van der Waals surface area contributed by atoms with Crippen LogP contribution in [0.1, 0.15) is 18.1 Å². The van der Waals surface area contributed by atoms with Crippen LogP contribution in [-0.2, 0) is 32.6 Å². The number of anilines is 1. The second kappa shape index (κ2) is 13.4. The molecule has 1 atom stereocenters. The summed E-state index contributed by atoms with van der Waals surface area (Å²) in [5.74, 6) is -0.525. The van der Waals surface area contributed by atoms with Gasteiger partial charge in [0.2, 0.25) is 21.8 Å². The normalized spacial score (nSPS) is 11.9. The van der Waals surface area contributed by atoms with Crippen LogP contribution < -0.4 is 14.4 Å². The molecule has 0 aliphatic carbocycles. The van der Waals surface area contributed by atoms with Crippen molar-refractivity contribution in [2.24, 2.45) is 0 Å². The summed E-state index contributed by atoms with van der Waals surface area (Å²) >= 11 is 3.46. The summed E-state index contributed by atoms with van der Waals surface area (Å²) in [6, 6.07) is 22.6. The highest BCUT2D eigenvalue weighted by Gasteiger charge is 2.33. The maximum absolute atomic E-state index is 14.0. The molecule has 8 nitrogen and oxygen atoms in total. The lowest BCUT2D eigenvalue weighted by Gasteiger charge is -2.33. The second-order valence-corrected chi connectivity index (χ2v) is 11.5. The van der Waals surface area contributed by atoms with Crippen LogP contribution in [-0.4, -0.2) is 57.6 Å². The lowest BCUT2D eigenvalue weighted by atomic mass is 10.0. The summed E-state index contributed by atoms with van der Waals surface area (Å²) in [5, 5.41) is 2.66. The zero-order valence-electron chi connectivity index (χ0n) is 21.6. The molecule has 38 heavy (non-hydrogen) atoms. The first-order chi connectivity index (χ1) is 18.1. The molecule has 0 bridgehead atoms. The standard InChI is InChI=1S/C28H32BrN3O5S/c1-4-37-26-16-9-8-15-24(26)32(38(3,35)36)20-27(33)31(19-22-13-10-14-23(29)17-22)25(28(34)30-2)18-21-11-6-5-7-12-21/h5-17,25H,4,18-20H2,1-3H3,(H,30,34)/t25-/m0/s1. The third-order valence-corrected chi connectivity index (χ3v) is 7.49. The van der Waals surface area contributed by atoms with E-state index in [2.05, 4.69) is 21.2 Å². The van der Waals surface area contributed by atoms with Crippen molar-refractivity contribution in [2.45, 2.75) is 25.9 Å². The Labute approximate surface area is 232 Å². The van der Waals surface area contributed by atoms with Crippen LogP contribution in [0, 0.1) is 0 Å². The smallest absolute Gasteiger partial charge is 0.244 e. The molecular formula is C28H32BrN3O5S. The van der Waals surface area contributed by atoms with Crippen molar-refractivity contribution in [1.82, 2.24) is 10.2 Å². The zero-order valence-corrected chi connectivity index (χ0v) is 24.0. The summed E-state index contributed by atoms with van der Waals surface area (Å²) < 4.78 is 33.3. The highest BCUT2D eigenvalue weighted by atomic mass is 79.9. The number of sulfonamides is 1. The summed E-state index contributed by atoms with van der Waals surface area (Å²) in [6.07, 6.45) is 1.30. The number of carbonyl (C=O) groups is 2. The fourth-order valence-electron chi connectivity index (χ4n) is 4.09. The average Bonchev–Trinajstić information content (AvgIpc) is 2.89. The van der Waals surface area contributed by atoms with Crippen LogP contribution in [0.3, 0.4) is 0 Å². The Kier molecular flexibility index (Phi) is 10.3. The van der Waals surface area contributed by atoms with Crippen molar-refractivity contribution in [3.8, 4) is 5.75 Å². The van der Waals surface area contributed by atoms with E-state index in [1.807, 2.05) is 54.6 Å². The Bertz CT molecular complexity index is 1350. The van der Waals surface area contributed by atoms with E-state index in [0.29, 0.717) is 12.4 Å². The van der Waals surface area contributed by atoms with Crippen LogP contribution in [0.4, 0.5) is 5.69 Å². The number of ether oxygens (including phenoxy) is 1. The molecule has 0 aliphatic rings. The van der Waals surface area contributed by atoms with E-state index in [1.165, 1.54) is 11.9 Å². The van der Waals surface area contributed by atoms with E-state index < -0.39 is 28.5 Å². The molecule has 0 aromatic heterocycles. The molecule has 0 heterocycles. The molecule has 10 heteroatoms. The molecule has 1 N–H and O–H groups in total. The molecule has 202 valence electrons. The molecule has 0 saturated heterocycles. The van der Waals surface area contributed by atoms with Gasteiger partial charge in [0.15, 0.2) is 0 Å². The highest BCUT2D eigenvalue weighted by molar-refractivity contribution is 9.10. The number of hydrogen-bond donors (Lipinski definition) is 1. The lowest BCUT2D eigenvalue weighted by molar-refractivity contribution is -0.139. The number of hydrogen-bond acceptors (Lipinski definition) is 5. The average molecular weight is 603 g/mol. The minimum absolute atomic E-state index is 0.105. The van der Waals surface area contributed by atoms with Gasteiger partial charge in [0.05, 0.1) is 18.6 Å². The van der Waals surface area contributed by atoms with Crippen LogP contribution in [0.2, 0.25) is 0 Å². The van der Waals surface area contributed by atoms with Crippen LogP contribution >= 0.6 is 15.9 Å². The van der Waals surface area contributed by atoms with E-state index in [-0.39, 0.29) is 24.6 Å². The maximum Gasteiger partial charge on any atom is 0.244 e. The number of rotatable bonds is 12. The van der Waals surface area contributed by atoms with E-state index >= 15 is 0 Å². The van der Waals surface area contributed by atoms with Gasteiger partial charge < -0.3 is 15.0 Å². The Hall–Kier alpha value is -3.37. The quantitative estimate of drug-likeness (QED) is 0.338. The van der Waals surface area contributed by atoms with Crippen molar-refractivity contribution < 1.29 is 22.7 Å². The van der Waals surface area contributed by atoms with E-state index in [1.54, 1.807) is 31.2 Å². The Morgan fingerprint density at radius 1 is 0.974 bits per heavy atom. The predicted octanol–water partition coefficient (Wildman–Crippen LogP) is 4.00. The molecule has 0 radical (unpaired) electrons. The molecular weight excluding hydrogens is 570 g/mol. The topological polar surface area (TPSA) is 96.0 Å². The van der Waals surface area contributed by atoms with Gasteiger partial charge in [-0.25, -0.2) is 8.42 Å². The number of nitrogens with one attached hydrogen (secondary N) is 1. The first-order valence-corrected chi connectivity index (χ1v) is 14.8. The van der Waals surface area contributed by atoms with Gasteiger partial charge in [0, 0.05) is 24.5 Å². The van der Waals surface area contributed by atoms with Gasteiger partial charge in [-0.2, -0.15) is 0 Å². The predicted molar refractivity (Wildman–Crippen MR) is 152 cm³/mol. The maximum atomic E-state index is 14.0. The van der Waals surface area contributed by atoms with E-state index in [9.17, 15) is 18.0 Å². The van der Waals surface area contributed by atoms with Crippen LogP contribution in [0.25, 0.3) is 0 Å². The van der Waals surface area contributed by atoms with E-state index in [0.717, 1.165) is 26.2 Å². The van der Waals surface area contributed by atoms with Crippen molar-refractivity contribution in [3.05, 3.63) is 94.5 Å². The van der Waals surface area contributed by atoms with Crippen LogP contribution in [0.5, 0.6) is 5.75 Å². The molecule has 0 fully saturated rings. The van der Waals surface area contributed by atoms with Gasteiger partial charge in [0.1, 0.15) is 18.3 Å². The molecule has 0 aliphatic heterocycles. The third-order valence-electron chi connectivity index (χ3n) is 5.87. The second-order valence-electron chi connectivity index (χ2n) is 8.64. The summed E-state index contributed by atoms with van der Waals surface area (Å²) in [6.45, 7) is 1.73. The summed E-state index contributed by atoms with van der Waals surface area (Å²) in [5.41, 5.74) is 1.91. The number of benzene rings is 3. The van der Waals surface area contributed by atoms with Crippen molar-refractivity contribution in [3.63, 3.8) is 0 Å². The van der Waals surface area contributed by atoms with E-state index in [4.69, 9.17) is 4.74 Å². The lowest BCUT2D eigenvalue weighted by Crippen LogP contribution is -2.52. The largest absolute Gasteiger partial charge is 0.492 e. The molecule has 0 spiro atoms. The minimum Gasteiger partial charge on any atom is -0.492 e. The Morgan fingerprint density at radius 3 is 2.26 bits per heavy atom. The molecule has 3 aromatic carbocycles. The number of amides is 2. The van der Waals surface area contributed by atoms with Crippen molar-refractivity contribution in [1.29, 1.82) is 0 Å². The number of likely N-dealkylation sites (N-methyl/N-ethyl adjacent to an activating group) is 1.